The Morgan fingerprint density at radius 2 is 0.494 bits per heavy atom. The summed E-state index contributed by atoms with van der Waals surface area (Å²) in [5.74, 6) is -0.954. The standard InChI is InChI=1S/C75H128O6/c1-4-7-10-13-16-19-22-25-28-31-33-35-37-39-41-44-47-50-53-56-59-62-65-68-74(77)80-71-72(70-79-73(76)67-64-61-58-55-52-49-46-43-30-27-24-21-18-15-12-9-6-3)81-75(78)69-66-63-60-57-54-51-48-45-42-40-38-36-34-32-29-26-23-20-17-14-11-8-5-2/h7,10,16,18-19,21,25,27-28,30,33,35,39,41,47,50,56,59,72H,4-6,8-9,11-15,17,20,22-24,26,29,31-32,34,36-38,40,42-46,48-49,51-55,57-58,60-71H2,1-3H3/b10-7-,19-16-,21-18-,28-25-,30-27-,35-33-,41-39-,50-47-,59-56-. The number of allylic oxidation sites excluding steroid dienone is 18. The average molecular weight is 1130 g/mol. The fourth-order valence-electron chi connectivity index (χ4n) is 9.64. The highest BCUT2D eigenvalue weighted by atomic mass is 16.6. The maximum absolute atomic E-state index is 13.0. The molecular formula is C75H128O6. The summed E-state index contributed by atoms with van der Waals surface area (Å²) in [5.41, 5.74) is 0. The lowest BCUT2D eigenvalue weighted by atomic mass is 10.0. The summed E-state index contributed by atoms with van der Waals surface area (Å²) in [6.07, 6.45) is 94.0. The summed E-state index contributed by atoms with van der Waals surface area (Å²) in [4.78, 5) is 38.4. The minimum Gasteiger partial charge on any atom is -0.462 e. The van der Waals surface area contributed by atoms with Gasteiger partial charge >= 0.3 is 17.9 Å². The average Bonchev–Trinajstić information content (AvgIpc) is 3.47. The van der Waals surface area contributed by atoms with Crippen molar-refractivity contribution < 1.29 is 28.6 Å². The van der Waals surface area contributed by atoms with E-state index >= 15 is 0 Å². The van der Waals surface area contributed by atoms with Gasteiger partial charge in [-0.3, -0.25) is 14.4 Å². The third-order valence-electron chi connectivity index (χ3n) is 14.8. The van der Waals surface area contributed by atoms with Gasteiger partial charge in [0.05, 0.1) is 0 Å². The zero-order chi connectivity index (χ0) is 58.5. The third-order valence-corrected chi connectivity index (χ3v) is 14.8. The first-order valence-electron chi connectivity index (χ1n) is 34.4. The highest BCUT2D eigenvalue weighted by Crippen LogP contribution is 2.17. The molecule has 6 heteroatoms. The Labute approximate surface area is 501 Å². The molecule has 0 heterocycles. The van der Waals surface area contributed by atoms with Crippen molar-refractivity contribution in [2.45, 2.75) is 335 Å². The first kappa shape index (κ1) is 77.1. The van der Waals surface area contributed by atoms with Gasteiger partial charge in [0.15, 0.2) is 6.10 Å². The van der Waals surface area contributed by atoms with Crippen molar-refractivity contribution in [3.63, 3.8) is 0 Å². The van der Waals surface area contributed by atoms with Crippen LogP contribution in [0.1, 0.15) is 329 Å². The lowest BCUT2D eigenvalue weighted by Gasteiger charge is -2.18. The Bertz CT molecular complexity index is 1620. The van der Waals surface area contributed by atoms with Gasteiger partial charge in [-0.25, -0.2) is 0 Å². The molecule has 0 N–H and O–H groups in total. The molecule has 464 valence electrons. The van der Waals surface area contributed by atoms with Crippen LogP contribution in [0.2, 0.25) is 0 Å². The summed E-state index contributed by atoms with van der Waals surface area (Å²) >= 11 is 0. The molecule has 1 unspecified atom stereocenters. The molecule has 0 aromatic rings. The van der Waals surface area contributed by atoms with Crippen LogP contribution in [-0.4, -0.2) is 37.2 Å². The van der Waals surface area contributed by atoms with Gasteiger partial charge in [0.1, 0.15) is 13.2 Å². The molecule has 0 saturated carbocycles. The van der Waals surface area contributed by atoms with E-state index in [1.54, 1.807) is 0 Å². The topological polar surface area (TPSA) is 78.9 Å². The number of hydrogen-bond donors (Lipinski definition) is 0. The molecule has 0 aliphatic rings. The Morgan fingerprint density at radius 1 is 0.259 bits per heavy atom. The van der Waals surface area contributed by atoms with E-state index in [-0.39, 0.29) is 37.5 Å². The fourth-order valence-corrected chi connectivity index (χ4v) is 9.64. The van der Waals surface area contributed by atoms with Gasteiger partial charge in [0.2, 0.25) is 0 Å². The first-order chi connectivity index (χ1) is 40.0. The lowest BCUT2D eigenvalue weighted by molar-refractivity contribution is -0.167. The van der Waals surface area contributed by atoms with Gasteiger partial charge in [-0.1, -0.05) is 316 Å². The van der Waals surface area contributed by atoms with E-state index in [1.165, 1.54) is 180 Å². The monoisotopic (exact) mass is 1120 g/mol. The maximum atomic E-state index is 13.0. The van der Waals surface area contributed by atoms with E-state index in [1.807, 2.05) is 0 Å². The van der Waals surface area contributed by atoms with Crippen LogP contribution >= 0.6 is 0 Å². The second kappa shape index (κ2) is 68.6. The molecule has 6 nitrogen and oxygen atoms in total. The molecular weight excluding hydrogens is 997 g/mol. The number of carbonyl (C=O) groups is 3. The van der Waals surface area contributed by atoms with Crippen molar-refractivity contribution in [3.05, 3.63) is 109 Å². The van der Waals surface area contributed by atoms with E-state index in [0.717, 1.165) is 103 Å². The summed E-state index contributed by atoms with van der Waals surface area (Å²) in [5, 5.41) is 0. The Hall–Kier alpha value is -3.93. The molecule has 0 saturated heterocycles. The van der Waals surface area contributed by atoms with Crippen LogP contribution in [0.5, 0.6) is 0 Å². The minimum absolute atomic E-state index is 0.0989. The highest BCUT2D eigenvalue weighted by Gasteiger charge is 2.19. The Balaban J connectivity index is 4.45. The molecule has 0 bridgehead atoms. The Morgan fingerprint density at radius 3 is 0.827 bits per heavy atom. The predicted molar refractivity (Wildman–Crippen MR) is 353 cm³/mol. The van der Waals surface area contributed by atoms with Crippen LogP contribution in [0.25, 0.3) is 0 Å². The van der Waals surface area contributed by atoms with Crippen molar-refractivity contribution in [1.82, 2.24) is 0 Å². The van der Waals surface area contributed by atoms with E-state index in [2.05, 4.69) is 130 Å². The summed E-state index contributed by atoms with van der Waals surface area (Å²) in [7, 11) is 0. The number of ether oxygens (including phenoxy) is 3. The van der Waals surface area contributed by atoms with Crippen LogP contribution in [-0.2, 0) is 28.6 Å². The number of esters is 3. The molecule has 0 aliphatic heterocycles. The smallest absolute Gasteiger partial charge is 0.306 e. The first-order valence-corrected chi connectivity index (χ1v) is 34.4. The van der Waals surface area contributed by atoms with Gasteiger partial charge in [-0.15, -0.1) is 0 Å². The molecule has 0 aromatic heterocycles. The van der Waals surface area contributed by atoms with Crippen LogP contribution in [0, 0.1) is 0 Å². The van der Waals surface area contributed by atoms with Gasteiger partial charge in [0, 0.05) is 19.3 Å². The number of carbonyl (C=O) groups excluding carboxylic acids is 3. The fraction of sp³-hybridized carbons (Fsp3) is 0.720. The summed E-state index contributed by atoms with van der Waals surface area (Å²) < 4.78 is 16.9. The van der Waals surface area contributed by atoms with E-state index in [0.29, 0.717) is 19.3 Å². The van der Waals surface area contributed by atoms with E-state index < -0.39 is 6.10 Å². The number of unbranched alkanes of at least 4 members (excludes halogenated alkanes) is 33. The maximum Gasteiger partial charge on any atom is 0.306 e. The quantitative estimate of drug-likeness (QED) is 0.0261. The molecule has 0 rings (SSSR count). The largest absolute Gasteiger partial charge is 0.462 e. The predicted octanol–water partition coefficient (Wildman–Crippen LogP) is 23.8. The minimum atomic E-state index is -0.807. The molecule has 1 atom stereocenters. The van der Waals surface area contributed by atoms with E-state index in [9.17, 15) is 14.4 Å². The lowest BCUT2D eigenvalue weighted by Crippen LogP contribution is -2.30. The van der Waals surface area contributed by atoms with E-state index in [4.69, 9.17) is 14.2 Å². The van der Waals surface area contributed by atoms with Crippen molar-refractivity contribution in [1.29, 1.82) is 0 Å². The number of rotatable bonds is 62. The normalized spacial score (nSPS) is 12.8. The zero-order valence-electron chi connectivity index (χ0n) is 53.3. The van der Waals surface area contributed by atoms with Gasteiger partial charge < -0.3 is 14.2 Å². The van der Waals surface area contributed by atoms with Crippen molar-refractivity contribution in [2.75, 3.05) is 13.2 Å². The van der Waals surface area contributed by atoms with Crippen molar-refractivity contribution >= 4 is 17.9 Å². The Kier molecular flexibility index (Phi) is 65.2. The third kappa shape index (κ3) is 66.8. The molecule has 0 amide bonds. The molecule has 0 aliphatic carbocycles. The van der Waals surface area contributed by atoms with Crippen LogP contribution < -0.4 is 0 Å². The van der Waals surface area contributed by atoms with Gasteiger partial charge in [-0.05, 0) is 103 Å². The second-order valence-corrected chi connectivity index (χ2v) is 22.7. The molecule has 0 fully saturated rings. The highest BCUT2D eigenvalue weighted by molar-refractivity contribution is 5.71. The van der Waals surface area contributed by atoms with Crippen LogP contribution in [0.15, 0.2) is 109 Å². The van der Waals surface area contributed by atoms with Gasteiger partial charge in [-0.2, -0.15) is 0 Å². The SMILES string of the molecule is CC/C=C\C/C=C\C/C=C\C/C=C\C/C=C\C/C=C\C/C=C\CCCC(=O)OCC(COC(=O)CCCCCCCCC/C=C\C/C=C\CCCCC)OC(=O)CCCCCCCCCCCCCCCCCCCCCCCCC. The molecule has 0 radical (unpaired) electrons. The molecule has 81 heavy (non-hydrogen) atoms. The van der Waals surface area contributed by atoms with Crippen LogP contribution in [0.4, 0.5) is 0 Å². The summed E-state index contributed by atoms with van der Waals surface area (Å²) in [6, 6.07) is 0. The van der Waals surface area contributed by atoms with Crippen LogP contribution in [0.3, 0.4) is 0 Å². The summed E-state index contributed by atoms with van der Waals surface area (Å²) in [6.45, 7) is 6.49. The number of hydrogen-bond acceptors (Lipinski definition) is 6. The van der Waals surface area contributed by atoms with Crippen molar-refractivity contribution in [2.24, 2.45) is 0 Å². The van der Waals surface area contributed by atoms with Gasteiger partial charge in [0.25, 0.3) is 0 Å². The van der Waals surface area contributed by atoms with Crippen molar-refractivity contribution in [3.8, 4) is 0 Å². The zero-order valence-corrected chi connectivity index (χ0v) is 53.3. The molecule has 0 spiro atoms. The molecule has 0 aromatic carbocycles. The second-order valence-electron chi connectivity index (χ2n) is 22.7.